The lowest BCUT2D eigenvalue weighted by Crippen LogP contribution is -2.08. The highest BCUT2D eigenvalue weighted by Gasteiger charge is 2.64. The first-order valence-corrected chi connectivity index (χ1v) is 6.04. The predicted molar refractivity (Wildman–Crippen MR) is 60.4 cm³/mol. The summed E-state index contributed by atoms with van der Waals surface area (Å²) in [5, 5.41) is 0. The zero-order chi connectivity index (χ0) is 10.6. The van der Waals surface area contributed by atoms with Crippen molar-refractivity contribution in [2.75, 3.05) is 0 Å². The molecule has 3 aliphatic carbocycles. The third-order valence-electron chi connectivity index (χ3n) is 4.67. The number of carbonyl (C=O) groups excluding carboxylic acids is 1. The fourth-order valence-electron chi connectivity index (χ4n) is 3.89. The summed E-state index contributed by atoms with van der Waals surface area (Å²) in [6, 6.07) is 0. The van der Waals surface area contributed by atoms with Crippen LogP contribution in [0.2, 0.25) is 0 Å². The molecule has 0 heterocycles. The first-order chi connectivity index (χ1) is 7.14. The molecule has 1 saturated carbocycles. The topological polar surface area (TPSA) is 17.1 Å². The molecule has 1 heteroatoms. The Morgan fingerprint density at radius 3 is 2.87 bits per heavy atom. The van der Waals surface area contributed by atoms with Crippen LogP contribution in [0.15, 0.2) is 23.3 Å². The summed E-state index contributed by atoms with van der Waals surface area (Å²) in [5.41, 5.74) is 3.20. The third-order valence-corrected chi connectivity index (χ3v) is 4.67. The maximum absolute atomic E-state index is 11.6. The molecule has 0 aliphatic heterocycles. The van der Waals surface area contributed by atoms with Crippen LogP contribution in [0.3, 0.4) is 0 Å². The second-order valence-corrected chi connectivity index (χ2v) is 5.53. The van der Waals surface area contributed by atoms with Crippen molar-refractivity contribution in [1.82, 2.24) is 0 Å². The molecule has 15 heavy (non-hydrogen) atoms. The highest BCUT2D eigenvalue weighted by atomic mass is 16.1. The normalized spacial score (nSPS) is 42.3. The summed E-state index contributed by atoms with van der Waals surface area (Å²) in [4.78, 5) is 11.6. The Balaban J connectivity index is 2.03. The number of hydrogen-bond acceptors (Lipinski definition) is 1. The molecule has 0 N–H and O–H groups in total. The maximum Gasteiger partial charge on any atom is 0.155 e. The average molecular weight is 202 g/mol. The van der Waals surface area contributed by atoms with E-state index in [-0.39, 0.29) is 0 Å². The van der Waals surface area contributed by atoms with Gasteiger partial charge in [0.2, 0.25) is 0 Å². The first-order valence-electron chi connectivity index (χ1n) is 6.04. The molecule has 1 fully saturated rings. The molecule has 0 aromatic heterocycles. The Morgan fingerprint density at radius 2 is 2.13 bits per heavy atom. The summed E-state index contributed by atoms with van der Waals surface area (Å²) >= 11 is 0. The van der Waals surface area contributed by atoms with E-state index in [9.17, 15) is 4.79 Å². The fourth-order valence-corrected chi connectivity index (χ4v) is 3.89. The Labute approximate surface area is 91.2 Å². The minimum absolute atomic E-state index is 0.303. The fraction of sp³-hybridized carbons (Fsp3) is 0.643. The maximum atomic E-state index is 11.6. The smallest absolute Gasteiger partial charge is 0.155 e. The van der Waals surface area contributed by atoms with E-state index in [4.69, 9.17) is 0 Å². The van der Waals surface area contributed by atoms with Crippen LogP contribution in [0, 0.1) is 17.3 Å². The Hall–Kier alpha value is -0.850. The van der Waals surface area contributed by atoms with Gasteiger partial charge in [0.25, 0.3) is 0 Å². The lowest BCUT2D eigenvalue weighted by atomic mass is 9.86. The molecular weight excluding hydrogens is 184 g/mol. The molecule has 80 valence electrons. The van der Waals surface area contributed by atoms with Crippen molar-refractivity contribution in [2.45, 2.75) is 39.5 Å². The Morgan fingerprint density at radius 1 is 1.33 bits per heavy atom. The SMILES string of the molecule is CC(=O)C1=CCCC2=CCC[C@]3(C)[C@H]2[C@H]13. The average Bonchev–Trinajstić information content (AvgIpc) is 2.84. The summed E-state index contributed by atoms with van der Waals surface area (Å²) in [5.74, 6) is 1.58. The van der Waals surface area contributed by atoms with E-state index >= 15 is 0 Å². The van der Waals surface area contributed by atoms with Crippen molar-refractivity contribution in [3.63, 3.8) is 0 Å². The largest absolute Gasteiger partial charge is 0.295 e. The molecule has 1 nitrogen and oxygen atoms in total. The molecule has 0 amide bonds. The van der Waals surface area contributed by atoms with Crippen LogP contribution >= 0.6 is 0 Å². The third kappa shape index (κ3) is 1.12. The van der Waals surface area contributed by atoms with Crippen molar-refractivity contribution in [3.8, 4) is 0 Å². The first kappa shape index (κ1) is 9.38. The van der Waals surface area contributed by atoms with Crippen LogP contribution in [0.1, 0.15) is 39.5 Å². The van der Waals surface area contributed by atoms with Crippen molar-refractivity contribution < 1.29 is 4.79 Å². The number of carbonyl (C=O) groups is 1. The summed E-state index contributed by atoms with van der Waals surface area (Å²) in [6.07, 6.45) is 9.40. The molecule has 0 aromatic carbocycles. The number of fused-ring (bicyclic) bond motifs is 1. The summed E-state index contributed by atoms with van der Waals surface area (Å²) in [6.45, 7) is 4.10. The molecule has 3 aliphatic rings. The standard InChI is InChI=1S/C14H18O/c1-9(15)11-7-3-5-10-6-4-8-14(2)12(10)13(11)14/h6-7,12-13H,3-5,8H2,1-2H3/t12-,13+,14-/m1/s1. The lowest BCUT2D eigenvalue weighted by Gasteiger charge is -2.18. The van der Waals surface area contributed by atoms with Crippen molar-refractivity contribution in [1.29, 1.82) is 0 Å². The van der Waals surface area contributed by atoms with Crippen LogP contribution in [-0.4, -0.2) is 5.78 Å². The van der Waals surface area contributed by atoms with Gasteiger partial charge in [-0.3, -0.25) is 4.79 Å². The zero-order valence-corrected chi connectivity index (χ0v) is 9.55. The van der Waals surface area contributed by atoms with Gasteiger partial charge in [0, 0.05) is 5.92 Å². The van der Waals surface area contributed by atoms with Gasteiger partial charge in [-0.2, -0.15) is 0 Å². The molecular formula is C14H18O. The molecule has 0 saturated heterocycles. The van der Waals surface area contributed by atoms with E-state index in [0.29, 0.717) is 23.0 Å². The van der Waals surface area contributed by atoms with Gasteiger partial charge in [-0.05, 0) is 49.5 Å². The quantitative estimate of drug-likeness (QED) is 0.596. The van der Waals surface area contributed by atoms with Gasteiger partial charge < -0.3 is 0 Å². The Bertz CT molecular complexity index is 388. The van der Waals surface area contributed by atoms with Crippen molar-refractivity contribution in [2.24, 2.45) is 17.3 Å². The molecule has 0 unspecified atom stereocenters. The number of allylic oxidation sites excluding steroid dienone is 4. The Kier molecular flexibility index (Phi) is 1.78. The van der Waals surface area contributed by atoms with Crippen LogP contribution < -0.4 is 0 Å². The second-order valence-electron chi connectivity index (χ2n) is 5.53. The molecule has 0 aromatic rings. The minimum atomic E-state index is 0.303. The van der Waals surface area contributed by atoms with Gasteiger partial charge in [0.15, 0.2) is 5.78 Å². The van der Waals surface area contributed by atoms with E-state index in [1.807, 2.05) is 0 Å². The van der Waals surface area contributed by atoms with E-state index in [0.717, 1.165) is 12.0 Å². The molecule has 0 bridgehead atoms. The van der Waals surface area contributed by atoms with E-state index in [1.54, 1.807) is 12.5 Å². The summed E-state index contributed by atoms with van der Waals surface area (Å²) < 4.78 is 0. The van der Waals surface area contributed by atoms with E-state index in [1.165, 1.54) is 19.3 Å². The van der Waals surface area contributed by atoms with Crippen molar-refractivity contribution >= 4 is 5.78 Å². The highest BCUT2D eigenvalue weighted by molar-refractivity contribution is 5.95. The van der Waals surface area contributed by atoms with E-state index in [2.05, 4.69) is 19.1 Å². The molecule has 0 radical (unpaired) electrons. The minimum Gasteiger partial charge on any atom is -0.295 e. The number of hydrogen-bond donors (Lipinski definition) is 0. The number of rotatable bonds is 1. The monoisotopic (exact) mass is 202 g/mol. The zero-order valence-electron chi connectivity index (χ0n) is 9.55. The summed E-state index contributed by atoms with van der Waals surface area (Å²) in [7, 11) is 0. The van der Waals surface area contributed by atoms with Crippen LogP contribution in [0.5, 0.6) is 0 Å². The lowest BCUT2D eigenvalue weighted by molar-refractivity contribution is -0.114. The number of Topliss-reactive ketones (excluding diaryl/α,β-unsaturated/α-hetero) is 1. The number of ketones is 1. The molecule has 3 rings (SSSR count). The predicted octanol–water partition coefficient (Wildman–Crippen LogP) is 3.27. The van der Waals surface area contributed by atoms with Crippen LogP contribution in [-0.2, 0) is 4.79 Å². The van der Waals surface area contributed by atoms with Gasteiger partial charge in [0.1, 0.15) is 0 Å². The van der Waals surface area contributed by atoms with Gasteiger partial charge in [-0.1, -0.05) is 24.6 Å². The van der Waals surface area contributed by atoms with Gasteiger partial charge >= 0.3 is 0 Å². The van der Waals surface area contributed by atoms with Gasteiger partial charge in [-0.15, -0.1) is 0 Å². The van der Waals surface area contributed by atoms with Crippen LogP contribution in [0.25, 0.3) is 0 Å². The van der Waals surface area contributed by atoms with Crippen molar-refractivity contribution in [3.05, 3.63) is 23.3 Å². The van der Waals surface area contributed by atoms with E-state index < -0.39 is 0 Å². The van der Waals surface area contributed by atoms with Gasteiger partial charge in [-0.25, -0.2) is 0 Å². The van der Waals surface area contributed by atoms with Crippen LogP contribution in [0.4, 0.5) is 0 Å². The van der Waals surface area contributed by atoms with Gasteiger partial charge in [0.05, 0.1) is 0 Å². The molecule has 0 spiro atoms. The molecule has 3 atom stereocenters. The second kappa shape index (κ2) is 2.84. The highest BCUT2D eigenvalue weighted by Crippen LogP contribution is 2.70.